The summed E-state index contributed by atoms with van der Waals surface area (Å²) >= 11 is 1.44. The van der Waals surface area contributed by atoms with E-state index in [4.69, 9.17) is 9.97 Å². The molecule has 5 N–H and O–H groups in total. The highest BCUT2D eigenvalue weighted by Crippen LogP contribution is 2.38. The third kappa shape index (κ3) is 6.35. The lowest BCUT2D eigenvalue weighted by molar-refractivity contribution is -0.274. The van der Waals surface area contributed by atoms with Gasteiger partial charge in [-0.25, -0.2) is 9.97 Å². The van der Waals surface area contributed by atoms with Gasteiger partial charge in [0.25, 0.3) is 0 Å². The summed E-state index contributed by atoms with van der Waals surface area (Å²) in [5.74, 6) is -0.203. The summed E-state index contributed by atoms with van der Waals surface area (Å²) in [5, 5.41) is 37.7. The Morgan fingerprint density at radius 3 is 2.49 bits per heavy atom. The number of benzene rings is 1. The highest BCUT2D eigenvalue weighted by Gasteiger charge is 2.41. The van der Waals surface area contributed by atoms with Crippen LogP contribution in [0.3, 0.4) is 0 Å². The predicted octanol–water partition coefficient (Wildman–Crippen LogP) is 4.35. The number of aromatic nitrogens is 4. The lowest BCUT2D eigenvalue weighted by Crippen LogP contribution is -2.35. The van der Waals surface area contributed by atoms with Gasteiger partial charge >= 0.3 is 6.36 Å². The molecule has 218 valence electrons. The third-order valence-corrected chi connectivity index (χ3v) is 8.07. The van der Waals surface area contributed by atoms with E-state index in [1.54, 1.807) is 13.1 Å². The van der Waals surface area contributed by atoms with E-state index in [0.717, 1.165) is 10.4 Å². The Morgan fingerprint density at radius 2 is 1.83 bits per heavy atom. The van der Waals surface area contributed by atoms with Crippen LogP contribution in [0.15, 0.2) is 36.5 Å². The number of aliphatic hydroxyl groups is 3. The van der Waals surface area contributed by atoms with Crippen LogP contribution in [-0.4, -0.2) is 66.5 Å². The van der Waals surface area contributed by atoms with Crippen molar-refractivity contribution in [3.05, 3.63) is 53.5 Å². The Morgan fingerprint density at radius 1 is 1.10 bits per heavy atom. The predicted molar refractivity (Wildman–Crippen MR) is 148 cm³/mol. The molecule has 1 aliphatic rings. The fourth-order valence-electron chi connectivity index (χ4n) is 4.89. The summed E-state index contributed by atoms with van der Waals surface area (Å²) in [4.78, 5) is 18.4. The molecule has 3 aromatic heterocycles. The van der Waals surface area contributed by atoms with Gasteiger partial charge in [-0.2, -0.15) is 4.98 Å². The van der Waals surface area contributed by atoms with Gasteiger partial charge in [0.1, 0.15) is 28.2 Å². The van der Waals surface area contributed by atoms with Crippen molar-refractivity contribution in [1.82, 2.24) is 19.9 Å². The molecule has 5 atom stereocenters. The largest absolute Gasteiger partial charge is 0.573 e. The quantitative estimate of drug-likeness (QED) is 0.201. The van der Waals surface area contributed by atoms with E-state index in [1.165, 1.54) is 35.6 Å². The van der Waals surface area contributed by atoms with Gasteiger partial charge in [0.15, 0.2) is 0 Å². The first-order valence-electron chi connectivity index (χ1n) is 12.9. The third-order valence-electron chi connectivity index (χ3n) is 7.03. The number of thiazole rings is 1. The van der Waals surface area contributed by atoms with Gasteiger partial charge in [-0.3, -0.25) is 4.98 Å². The molecule has 0 unspecified atom stereocenters. The first kappa shape index (κ1) is 28.9. The molecule has 0 bridgehead atoms. The van der Waals surface area contributed by atoms with Crippen molar-refractivity contribution in [3.63, 3.8) is 0 Å². The number of nitrogens with one attached hydrogen (secondary N) is 2. The fraction of sp³-hybridized carbons (Fsp3) is 0.407. The Bertz CT molecular complexity index is 1530. The minimum absolute atomic E-state index is 0.238. The molecule has 0 aliphatic heterocycles. The van der Waals surface area contributed by atoms with Crippen LogP contribution in [0.2, 0.25) is 0 Å². The zero-order valence-electron chi connectivity index (χ0n) is 22.3. The standard InChI is InChI=1S/C27H29F3N6O4S/c1-12-8-20-19(10-31-12)35-25(41-20)21-14(3)33-26(36-24(21)34-18-9-16(11-37)22(38)23(18)39)32-13(2)15-4-6-17(7-5-15)40-27(28,29)30/h4-8,10,13,16,18,22-23,37-39H,9,11H2,1-3H3,(H2,32,33,34,36)/t13-,16-,18-,22-,23+/m1/s1. The van der Waals surface area contributed by atoms with Crippen LogP contribution in [0.25, 0.3) is 20.8 Å². The molecular weight excluding hydrogens is 561 g/mol. The number of aliphatic hydroxyl groups excluding tert-OH is 3. The topological polar surface area (TPSA) is 146 Å². The highest BCUT2D eigenvalue weighted by atomic mass is 32.1. The van der Waals surface area contributed by atoms with Crippen LogP contribution in [0, 0.1) is 19.8 Å². The molecule has 14 heteroatoms. The molecule has 1 fully saturated rings. The summed E-state index contributed by atoms with van der Waals surface area (Å²) in [6.07, 6.45) is -5.00. The molecule has 0 amide bonds. The van der Waals surface area contributed by atoms with E-state index in [-0.39, 0.29) is 24.3 Å². The number of hydrogen-bond donors (Lipinski definition) is 5. The van der Waals surface area contributed by atoms with Gasteiger partial charge in [-0.15, -0.1) is 24.5 Å². The van der Waals surface area contributed by atoms with Crippen LogP contribution < -0.4 is 15.4 Å². The first-order valence-corrected chi connectivity index (χ1v) is 13.7. The van der Waals surface area contributed by atoms with Crippen molar-refractivity contribution in [1.29, 1.82) is 0 Å². The molecule has 5 rings (SSSR count). The monoisotopic (exact) mass is 590 g/mol. The van der Waals surface area contributed by atoms with E-state index in [0.29, 0.717) is 39.6 Å². The van der Waals surface area contributed by atoms with Crippen molar-refractivity contribution in [2.45, 2.75) is 57.8 Å². The normalized spacial score (nSPS) is 21.7. The van der Waals surface area contributed by atoms with Crippen molar-refractivity contribution in [2.24, 2.45) is 5.92 Å². The molecule has 1 aliphatic carbocycles. The number of anilines is 2. The van der Waals surface area contributed by atoms with E-state index in [9.17, 15) is 28.5 Å². The number of rotatable bonds is 8. The lowest BCUT2D eigenvalue weighted by Gasteiger charge is -2.22. The van der Waals surface area contributed by atoms with E-state index in [1.807, 2.05) is 19.9 Å². The Balaban J connectivity index is 1.47. The van der Waals surface area contributed by atoms with Crippen molar-refractivity contribution in [3.8, 4) is 16.3 Å². The highest BCUT2D eigenvalue weighted by molar-refractivity contribution is 7.21. The number of nitrogens with zero attached hydrogens (tertiary/aromatic N) is 4. The summed E-state index contributed by atoms with van der Waals surface area (Å²) in [6, 6.07) is 6.45. The number of halogens is 3. The van der Waals surface area contributed by atoms with Gasteiger partial charge in [0, 0.05) is 18.2 Å². The molecule has 10 nitrogen and oxygen atoms in total. The van der Waals surface area contributed by atoms with Crippen LogP contribution in [-0.2, 0) is 0 Å². The number of hydrogen-bond acceptors (Lipinski definition) is 11. The smallest absolute Gasteiger partial charge is 0.406 e. The van der Waals surface area contributed by atoms with Crippen LogP contribution in [0.5, 0.6) is 5.75 Å². The molecule has 1 aromatic carbocycles. The van der Waals surface area contributed by atoms with E-state index < -0.39 is 30.5 Å². The number of ether oxygens (including phenoxy) is 1. The molecule has 3 heterocycles. The maximum Gasteiger partial charge on any atom is 0.573 e. The average Bonchev–Trinajstić information content (AvgIpc) is 3.43. The molecule has 0 spiro atoms. The van der Waals surface area contributed by atoms with Crippen molar-refractivity contribution in [2.75, 3.05) is 17.2 Å². The van der Waals surface area contributed by atoms with Gasteiger partial charge in [-0.1, -0.05) is 12.1 Å². The van der Waals surface area contributed by atoms with E-state index >= 15 is 0 Å². The van der Waals surface area contributed by atoms with E-state index in [2.05, 4.69) is 25.3 Å². The SMILES string of the molecule is Cc1cc2sc(-c3c(C)nc(N[C@H](C)c4ccc(OC(F)(F)F)cc4)nc3N[C@@H]3C[C@H](CO)[C@@H](O)[C@H]3O)nc2cn1. The van der Waals surface area contributed by atoms with Crippen LogP contribution in [0.1, 0.15) is 36.3 Å². The molecular formula is C27H29F3N6O4S. The number of aryl methyl sites for hydroxylation is 2. The van der Waals surface area contributed by atoms with Crippen molar-refractivity contribution < 1.29 is 33.2 Å². The second kappa shape index (κ2) is 11.4. The van der Waals surface area contributed by atoms with Gasteiger partial charge in [-0.05, 0) is 51.0 Å². The average molecular weight is 591 g/mol. The second-order valence-corrected chi connectivity index (χ2v) is 11.1. The Hall–Kier alpha value is -3.59. The maximum atomic E-state index is 12.5. The van der Waals surface area contributed by atoms with Crippen LogP contribution >= 0.6 is 11.3 Å². The van der Waals surface area contributed by atoms with Crippen LogP contribution in [0.4, 0.5) is 24.9 Å². The maximum absolute atomic E-state index is 12.5. The molecule has 0 saturated heterocycles. The summed E-state index contributed by atoms with van der Waals surface area (Å²) in [7, 11) is 0. The minimum Gasteiger partial charge on any atom is -0.406 e. The Kier molecular flexibility index (Phi) is 8.01. The summed E-state index contributed by atoms with van der Waals surface area (Å²) < 4.78 is 42.5. The zero-order valence-corrected chi connectivity index (χ0v) is 23.2. The number of fused-ring (bicyclic) bond motifs is 1. The summed E-state index contributed by atoms with van der Waals surface area (Å²) in [6.45, 7) is 5.23. The molecule has 0 radical (unpaired) electrons. The Labute approximate surface area is 237 Å². The summed E-state index contributed by atoms with van der Waals surface area (Å²) in [5.41, 5.74) is 3.44. The minimum atomic E-state index is -4.78. The van der Waals surface area contributed by atoms with Gasteiger partial charge in [0.2, 0.25) is 5.95 Å². The lowest BCUT2D eigenvalue weighted by atomic mass is 10.1. The van der Waals surface area contributed by atoms with Gasteiger partial charge in [0.05, 0.1) is 40.3 Å². The molecule has 4 aromatic rings. The first-order chi connectivity index (χ1) is 19.4. The molecule has 1 saturated carbocycles. The van der Waals surface area contributed by atoms with Gasteiger partial charge < -0.3 is 30.7 Å². The number of pyridine rings is 1. The van der Waals surface area contributed by atoms with Crippen molar-refractivity contribution >= 4 is 33.3 Å². The fourth-order valence-corrected chi connectivity index (χ4v) is 6.03. The second-order valence-electron chi connectivity index (χ2n) is 10.1. The number of alkyl halides is 3. The zero-order chi connectivity index (χ0) is 29.5. The molecule has 41 heavy (non-hydrogen) atoms.